The fourth-order valence-corrected chi connectivity index (χ4v) is 4.79. The molecule has 0 bridgehead atoms. The number of carbonyl (C=O) groups is 1. The number of hydrogen-bond donors (Lipinski definition) is 1. The molecule has 0 saturated carbocycles. The van der Waals surface area contributed by atoms with Gasteiger partial charge in [0.25, 0.3) is 5.91 Å². The number of nitrogens with one attached hydrogen (secondary N) is 1. The molecule has 1 aliphatic heterocycles. The fraction of sp³-hybridized carbons (Fsp3) is 0.286. The number of anilines is 1. The highest BCUT2D eigenvalue weighted by Crippen LogP contribution is 2.23. The van der Waals surface area contributed by atoms with Gasteiger partial charge in [0.1, 0.15) is 0 Å². The van der Waals surface area contributed by atoms with Crippen molar-refractivity contribution < 1.29 is 17.6 Å². The van der Waals surface area contributed by atoms with Crippen LogP contribution in [0.1, 0.15) is 36.0 Å². The van der Waals surface area contributed by atoms with Crippen molar-refractivity contribution in [2.45, 2.75) is 31.1 Å². The highest BCUT2D eigenvalue weighted by atomic mass is 32.2. The van der Waals surface area contributed by atoms with Crippen LogP contribution >= 0.6 is 0 Å². The number of amides is 1. The Morgan fingerprint density at radius 3 is 2.30 bits per heavy atom. The summed E-state index contributed by atoms with van der Waals surface area (Å²) >= 11 is 0. The van der Waals surface area contributed by atoms with E-state index in [2.05, 4.69) is 15.5 Å². The van der Waals surface area contributed by atoms with Crippen molar-refractivity contribution in [2.24, 2.45) is 0 Å². The van der Waals surface area contributed by atoms with Crippen molar-refractivity contribution in [3.05, 3.63) is 60.0 Å². The standard InChI is InChI=1S/C21H22N4O4S/c1-2-19-23-24-21(29-19)16-5-9-17(10-6-16)22-20(26)15-7-11-18(12-8-15)30(27,28)25-13-3-4-14-25/h5-12H,2-4,13-14H2,1H3,(H,22,26). The number of sulfonamides is 1. The molecule has 2 aromatic carbocycles. The number of hydrogen-bond acceptors (Lipinski definition) is 6. The molecule has 0 aliphatic carbocycles. The molecule has 1 N–H and O–H groups in total. The molecule has 1 fully saturated rings. The molecule has 0 radical (unpaired) electrons. The van der Waals surface area contributed by atoms with Gasteiger partial charge < -0.3 is 9.73 Å². The summed E-state index contributed by atoms with van der Waals surface area (Å²) in [6.07, 6.45) is 2.43. The number of rotatable bonds is 6. The quantitative estimate of drug-likeness (QED) is 0.648. The summed E-state index contributed by atoms with van der Waals surface area (Å²) in [5.74, 6) is 0.677. The van der Waals surface area contributed by atoms with Crippen LogP contribution in [-0.4, -0.2) is 41.9 Å². The van der Waals surface area contributed by atoms with Gasteiger partial charge in [-0.3, -0.25) is 4.79 Å². The molecule has 1 amide bonds. The lowest BCUT2D eigenvalue weighted by molar-refractivity contribution is 0.102. The van der Waals surface area contributed by atoms with Crippen molar-refractivity contribution in [3.63, 3.8) is 0 Å². The molecule has 1 saturated heterocycles. The van der Waals surface area contributed by atoms with Gasteiger partial charge in [0, 0.05) is 36.3 Å². The molecule has 156 valence electrons. The summed E-state index contributed by atoms with van der Waals surface area (Å²) in [7, 11) is -3.49. The smallest absolute Gasteiger partial charge is 0.255 e. The number of aryl methyl sites for hydroxylation is 1. The maximum Gasteiger partial charge on any atom is 0.255 e. The maximum atomic E-state index is 12.6. The van der Waals surface area contributed by atoms with E-state index >= 15 is 0 Å². The average molecular weight is 426 g/mol. The van der Waals surface area contributed by atoms with Crippen LogP contribution in [0.4, 0.5) is 5.69 Å². The highest BCUT2D eigenvalue weighted by Gasteiger charge is 2.27. The molecule has 4 rings (SSSR count). The number of benzene rings is 2. The average Bonchev–Trinajstić information content (AvgIpc) is 3.47. The Balaban J connectivity index is 1.43. The van der Waals surface area contributed by atoms with E-state index in [1.54, 1.807) is 24.3 Å². The number of carbonyl (C=O) groups excluding carboxylic acids is 1. The Labute approximate surface area is 175 Å². The van der Waals surface area contributed by atoms with Crippen molar-refractivity contribution in [2.75, 3.05) is 18.4 Å². The number of nitrogens with zero attached hydrogens (tertiary/aromatic N) is 3. The molecule has 2 heterocycles. The highest BCUT2D eigenvalue weighted by molar-refractivity contribution is 7.89. The van der Waals surface area contributed by atoms with Crippen molar-refractivity contribution in [1.82, 2.24) is 14.5 Å². The second-order valence-corrected chi connectivity index (χ2v) is 8.96. The van der Waals surface area contributed by atoms with Gasteiger partial charge >= 0.3 is 0 Å². The Bertz CT molecular complexity index is 1130. The summed E-state index contributed by atoms with van der Waals surface area (Å²) in [5.41, 5.74) is 1.74. The Morgan fingerprint density at radius 2 is 1.70 bits per heavy atom. The van der Waals surface area contributed by atoms with Gasteiger partial charge in [0.05, 0.1) is 4.90 Å². The normalized spacial score (nSPS) is 14.7. The first-order valence-electron chi connectivity index (χ1n) is 9.82. The summed E-state index contributed by atoms with van der Waals surface area (Å²) in [5, 5.41) is 10.7. The fourth-order valence-electron chi connectivity index (χ4n) is 3.27. The van der Waals surface area contributed by atoms with Gasteiger partial charge in [-0.25, -0.2) is 8.42 Å². The largest absolute Gasteiger partial charge is 0.421 e. The summed E-state index contributed by atoms with van der Waals surface area (Å²) in [4.78, 5) is 12.7. The third-order valence-corrected chi connectivity index (χ3v) is 6.89. The van der Waals surface area contributed by atoms with Gasteiger partial charge in [-0.05, 0) is 61.4 Å². The lowest BCUT2D eigenvalue weighted by Gasteiger charge is -2.15. The van der Waals surface area contributed by atoms with Gasteiger partial charge in [-0.15, -0.1) is 10.2 Å². The molecule has 3 aromatic rings. The zero-order valence-corrected chi connectivity index (χ0v) is 17.4. The summed E-state index contributed by atoms with van der Waals surface area (Å²) < 4.78 is 32.2. The Morgan fingerprint density at radius 1 is 1.03 bits per heavy atom. The van der Waals surface area contributed by atoms with E-state index in [-0.39, 0.29) is 10.8 Å². The second kappa shape index (κ2) is 8.37. The first-order chi connectivity index (χ1) is 14.5. The van der Waals surface area contributed by atoms with Crippen LogP contribution in [0, 0.1) is 0 Å². The molecule has 30 heavy (non-hydrogen) atoms. The Kier molecular flexibility index (Phi) is 5.65. The predicted octanol–water partition coefficient (Wildman–Crippen LogP) is 3.34. The SMILES string of the molecule is CCc1nnc(-c2ccc(NC(=O)c3ccc(S(=O)(=O)N4CCCC4)cc3)cc2)o1. The summed E-state index contributed by atoms with van der Waals surface area (Å²) in [6, 6.07) is 13.1. The molecular weight excluding hydrogens is 404 g/mol. The van der Waals surface area contributed by atoms with Gasteiger partial charge in [-0.1, -0.05) is 6.92 Å². The van der Waals surface area contributed by atoms with Crippen LogP contribution in [-0.2, 0) is 16.4 Å². The monoisotopic (exact) mass is 426 g/mol. The van der Waals surface area contributed by atoms with Gasteiger partial charge in [-0.2, -0.15) is 4.31 Å². The lowest BCUT2D eigenvalue weighted by atomic mass is 10.2. The van der Waals surface area contributed by atoms with Crippen LogP contribution in [0.5, 0.6) is 0 Å². The van der Waals surface area contributed by atoms with Gasteiger partial charge in [0.15, 0.2) is 0 Å². The third-order valence-electron chi connectivity index (χ3n) is 4.98. The van der Waals surface area contributed by atoms with Crippen LogP contribution in [0.15, 0.2) is 57.8 Å². The lowest BCUT2D eigenvalue weighted by Crippen LogP contribution is -2.27. The van der Waals surface area contributed by atoms with Crippen molar-refractivity contribution >= 4 is 21.6 Å². The molecule has 0 atom stereocenters. The van der Waals surface area contributed by atoms with Gasteiger partial charge in [0.2, 0.25) is 21.8 Å². The van der Waals surface area contributed by atoms with Crippen LogP contribution in [0.2, 0.25) is 0 Å². The predicted molar refractivity (Wildman–Crippen MR) is 112 cm³/mol. The minimum Gasteiger partial charge on any atom is -0.421 e. The third kappa shape index (κ3) is 4.12. The molecular formula is C21H22N4O4S. The van der Waals surface area contributed by atoms with E-state index in [0.29, 0.717) is 42.5 Å². The molecule has 8 nitrogen and oxygen atoms in total. The Hall–Kier alpha value is -3.04. The number of aromatic nitrogens is 2. The molecule has 9 heteroatoms. The maximum absolute atomic E-state index is 12.6. The zero-order chi connectivity index (χ0) is 21.1. The topological polar surface area (TPSA) is 105 Å². The molecule has 0 spiro atoms. The molecule has 1 aliphatic rings. The van der Waals surface area contributed by atoms with Crippen LogP contribution < -0.4 is 5.32 Å². The van der Waals surface area contributed by atoms with Crippen LogP contribution in [0.25, 0.3) is 11.5 Å². The van der Waals surface area contributed by atoms with E-state index < -0.39 is 10.0 Å². The second-order valence-electron chi connectivity index (χ2n) is 7.02. The van der Waals surface area contributed by atoms with Crippen molar-refractivity contribution in [3.8, 4) is 11.5 Å². The van der Waals surface area contributed by atoms with E-state index in [1.807, 2.05) is 6.92 Å². The first kappa shape index (κ1) is 20.2. The first-order valence-corrected chi connectivity index (χ1v) is 11.3. The van der Waals surface area contributed by atoms with Crippen LogP contribution in [0.3, 0.4) is 0 Å². The summed E-state index contributed by atoms with van der Waals surface area (Å²) in [6.45, 7) is 3.03. The zero-order valence-electron chi connectivity index (χ0n) is 16.5. The minimum absolute atomic E-state index is 0.205. The van der Waals surface area contributed by atoms with E-state index in [9.17, 15) is 13.2 Å². The van der Waals surface area contributed by atoms with E-state index in [0.717, 1.165) is 18.4 Å². The van der Waals surface area contributed by atoms with E-state index in [1.165, 1.54) is 28.6 Å². The molecule has 1 aromatic heterocycles. The van der Waals surface area contributed by atoms with Crippen molar-refractivity contribution in [1.29, 1.82) is 0 Å². The molecule has 0 unspecified atom stereocenters. The van der Waals surface area contributed by atoms with E-state index in [4.69, 9.17) is 4.42 Å². The minimum atomic E-state index is -3.49.